The minimum absolute atomic E-state index is 0.0342. The fourth-order valence-corrected chi connectivity index (χ4v) is 3.91. The van der Waals surface area contributed by atoms with E-state index in [1.807, 2.05) is 59.5 Å². The van der Waals surface area contributed by atoms with E-state index in [9.17, 15) is 4.79 Å². The number of carbonyl (C=O) groups is 1. The highest BCUT2D eigenvalue weighted by molar-refractivity contribution is 6.30. The van der Waals surface area contributed by atoms with Gasteiger partial charge in [0.2, 0.25) is 11.7 Å². The van der Waals surface area contributed by atoms with E-state index in [-0.39, 0.29) is 5.91 Å². The summed E-state index contributed by atoms with van der Waals surface area (Å²) in [7, 11) is 0. The molecule has 0 atom stereocenters. The lowest BCUT2D eigenvalue weighted by Crippen LogP contribution is -2.48. The first-order chi connectivity index (χ1) is 14.7. The fraction of sp³-hybridized carbons (Fsp3) is 0.227. The zero-order valence-corrected chi connectivity index (χ0v) is 17.0. The molecule has 3 heterocycles. The quantitative estimate of drug-likeness (QED) is 0.541. The maximum Gasteiger partial charge on any atom is 0.270 e. The van der Waals surface area contributed by atoms with Crippen molar-refractivity contribution in [2.45, 2.75) is 6.54 Å². The van der Waals surface area contributed by atoms with E-state index in [1.165, 1.54) is 0 Å². The Balaban J connectivity index is 1.20. The topological polar surface area (TPSA) is 78.3 Å². The zero-order chi connectivity index (χ0) is 20.5. The van der Waals surface area contributed by atoms with Gasteiger partial charge in [0.1, 0.15) is 5.69 Å². The van der Waals surface area contributed by atoms with E-state index in [0.717, 1.165) is 29.6 Å². The molecule has 4 aromatic rings. The molecule has 0 spiro atoms. The molecule has 30 heavy (non-hydrogen) atoms. The molecule has 1 aliphatic heterocycles. The predicted octanol–water partition coefficient (Wildman–Crippen LogP) is 3.83. The minimum Gasteiger partial charge on any atom is -0.351 e. The van der Waals surface area contributed by atoms with E-state index in [4.69, 9.17) is 16.1 Å². The van der Waals surface area contributed by atoms with Gasteiger partial charge in [-0.1, -0.05) is 47.1 Å². The molecule has 0 bridgehead atoms. The molecule has 2 aromatic carbocycles. The Kier molecular flexibility index (Phi) is 4.98. The van der Waals surface area contributed by atoms with Crippen LogP contribution >= 0.6 is 11.6 Å². The van der Waals surface area contributed by atoms with E-state index in [1.54, 1.807) is 0 Å². The number of rotatable bonds is 4. The van der Waals surface area contributed by atoms with Gasteiger partial charge in [-0.15, -0.1) is 0 Å². The normalized spacial score (nSPS) is 15.0. The van der Waals surface area contributed by atoms with Crippen LogP contribution in [0, 0.1) is 0 Å². The van der Waals surface area contributed by atoms with Crippen molar-refractivity contribution < 1.29 is 9.32 Å². The third-order valence-electron chi connectivity index (χ3n) is 5.33. The van der Waals surface area contributed by atoms with Crippen LogP contribution in [0.1, 0.15) is 16.4 Å². The van der Waals surface area contributed by atoms with Crippen molar-refractivity contribution in [3.8, 4) is 11.4 Å². The van der Waals surface area contributed by atoms with E-state index in [0.29, 0.717) is 42.1 Å². The van der Waals surface area contributed by atoms with Crippen LogP contribution < -0.4 is 0 Å². The average Bonchev–Trinajstić information content (AvgIpc) is 3.41. The molecular formula is C22H20ClN5O2. The van der Waals surface area contributed by atoms with Crippen molar-refractivity contribution in [2.75, 3.05) is 26.2 Å². The second kappa shape index (κ2) is 7.93. The van der Waals surface area contributed by atoms with Gasteiger partial charge in [0.05, 0.1) is 6.54 Å². The third kappa shape index (κ3) is 3.81. The second-order valence-corrected chi connectivity index (χ2v) is 7.80. The number of fused-ring (bicyclic) bond motifs is 1. The predicted molar refractivity (Wildman–Crippen MR) is 114 cm³/mol. The first-order valence-electron chi connectivity index (χ1n) is 9.83. The van der Waals surface area contributed by atoms with Gasteiger partial charge in [-0.2, -0.15) is 4.98 Å². The number of piperazine rings is 1. The number of benzene rings is 2. The summed E-state index contributed by atoms with van der Waals surface area (Å²) >= 11 is 6.03. The smallest absolute Gasteiger partial charge is 0.270 e. The monoisotopic (exact) mass is 421 g/mol. The summed E-state index contributed by atoms with van der Waals surface area (Å²) in [5.41, 5.74) is 2.44. The molecule has 0 saturated carbocycles. The van der Waals surface area contributed by atoms with Crippen LogP contribution in [0.3, 0.4) is 0 Å². The minimum atomic E-state index is 0.0342. The van der Waals surface area contributed by atoms with Crippen molar-refractivity contribution in [1.29, 1.82) is 0 Å². The molecule has 1 amide bonds. The number of H-pyrrole nitrogens is 1. The summed E-state index contributed by atoms with van der Waals surface area (Å²) in [4.78, 5) is 24.6. The zero-order valence-electron chi connectivity index (χ0n) is 16.2. The Morgan fingerprint density at radius 2 is 1.90 bits per heavy atom. The van der Waals surface area contributed by atoms with E-state index >= 15 is 0 Å². The molecule has 7 nitrogen and oxygen atoms in total. The number of hydrogen-bond donors (Lipinski definition) is 1. The van der Waals surface area contributed by atoms with Gasteiger partial charge in [-0.05, 0) is 24.3 Å². The lowest BCUT2D eigenvalue weighted by atomic mass is 10.2. The number of para-hydroxylation sites is 1. The Hall–Kier alpha value is -3.16. The van der Waals surface area contributed by atoms with Gasteiger partial charge in [0, 0.05) is 47.7 Å². The van der Waals surface area contributed by atoms with Crippen LogP contribution in [-0.4, -0.2) is 57.0 Å². The van der Waals surface area contributed by atoms with Crippen molar-refractivity contribution in [1.82, 2.24) is 24.9 Å². The summed E-state index contributed by atoms with van der Waals surface area (Å²) in [5.74, 6) is 1.12. The van der Waals surface area contributed by atoms with Crippen molar-refractivity contribution in [2.24, 2.45) is 0 Å². The Labute approximate surface area is 178 Å². The van der Waals surface area contributed by atoms with Gasteiger partial charge in [0.25, 0.3) is 5.91 Å². The number of amides is 1. The van der Waals surface area contributed by atoms with Gasteiger partial charge in [-0.25, -0.2) is 0 Å². The van der Waals surface area contributed by atoms with Crippen LogP contribution in [0.2, 0.25) is 5.02 Å². The molecule has 0 unspecified atom stereocenters. The molecule has 1 N–H and O–H groups in total. The number of hydrogen-bond acceptors (Lipinski definition) is 5. The Morgan fingerprint density at radius 1 is 1.07 bits per heavy atom. The van der Waals surface area contributed by atoms with Crippen LogP contribution in [0.4, 0.5) is 0 Å². The molecule has 8 heteroatoms. The van der Waals surface area contributed by atoms with Crippen molar-refractivity contribution in [3.63, 3.8) is 0 Å². The van der Waals surface area contributed by atoms with Crippen molar-refractivity contribution >= 4 is 28.4 Å². The first kappa shape index (κ1) is 18.8. The van der Waals surface area contributed by atoms with E-state index < -0.39 is 0 Å². The Morgan fingerprint density at radius 3 is 2.70 bits per heavy atom. The highest BCUT2D eigenvalue weighted by Crippen LogP contribution is 2.21. The first-order valence-corrected chi connectivity index (χ1v) is 10.2. The maximum atomic E-state index is 12.8. The van der Waals surface area contributed by atoms with Gasteiger partial charge in [0.15, 0.2) is 0 Å². The van der Waals surface area contributed by atoms with Crippen LogP contribution in [0.15, 0.2) is 59.1 Å². The second-order valence-electron chi connectivity index (χ2n) is 7.36. The largest absolute Gasteiger partial charge is 0.351 e. The number of halogens is 1. The molecule has 152 valence electrons. The molecular weight excluding hydrogens is 402 g/mol. The number of nitrogens with zero attached hydrogens (tertiary/aromatic N) is 4. The molecule has 1 fully saturated rings. The summed E-state index contributed by atoms with van der Waals surface area (Å²) in [6.45, 7) is 3.37. The van der Waals surface area contributed by atoms with Crippen LogP contribution in [0.25, 0.3) is 22.3 Å². The lowest BCUT2D eigenvalue weighted by molar-refractivity contribution is 0.0610. The highest BCUT2D eigenvalue weighted by Gasteiger charge is 2.24. The Bertz CT molecular complexity index is 1160. The van der Waals surface area contributed by atoms with Gasteiger partial charge in [-0.3, -0.25) is 9.69 Å². The third-order valence-corrected chi connectivity index (χ3v) is 5.56. The molecule has 1 aliphatic rings. The summed E-state index contributed by atoms with van der Waals surface area (Å²) in [6, 6.07) is 17.2. The van der Waals surface area contributed by atoms with Gasteiger partial charge >= 0.3 is 0 Å². The number of nitrogens with one attached hydrogen (secondary N) is 1. The fourth-order valence-electron chi connectivity index (χ4n) is 3.72. The molecule has 0 radical (unpaired) electrons. The van der Waals surface area contributed by atoms with Crippen LogP contribution in [0.5, 0.6) is 0 Å². The SMILES string of the molecule is O=C(c1cc2ccccc2[nH]1)N1CCN(Cc2nc(-c3cccc(Cl)c3)no2)CC1. The summed E-state index contributed by atoms with van der Waals surface area (Å²) in [5, 5.41) is 5.74. The molecule has 1 saturated heterocycles. The van der Waals surface area contributed by atoms with E-state index in [2.05, 4.69) is 20.0 Å². The number of carbonyl (C=O) groups excluding carboxylic acids is 1. The highest BCUT2D eigenvalue weighted by atomic mass is 35.5. The molecule has 0 aliphatic carbocycles. The van der Waals surface area contributed by atoms with Crippen molar-refractivity contribution in [3.05, 3.63) is 71.2 Å². The average molecular weight is 422 g/mol. The molecule has 5 rings (SSSR count). The number of aromatic amines is 1. The van der Waals surface area contributed by atoms with Gasteiger partial charge < -0.3 is 14.4 Å². The molecule has 2 aromatic heterocycles. The summed E-state index contributed by atoms with van der Waals surface area (Å²) in [6.07, 6.45) is 0. The maximum absolute atomic E-state index is 12.8. The summed E-state index contributed by atoms with van der Waals surface area (Å²) < 4.78 is 5.41. The lowest BCUT2D eigenvalue weighted by Gasteiger charge is -2.33. The standard InChI is InChI=1S/C22H20ClN5O2/c23-17-6-3-5-16(12-17)21-25-20(30-26-21)14-27-8-10-28(11-9-27)22(29)19-13-15-4-1-2-7-18(15)24-19/h1-7,12-13,24H,8-11,14H2. The number of aromatic nitrogens is 3. The van der Waals surface area contributed by atoms with Crippen LogP contribution in [-0.2, 0) is 6.54 Å².